The van der Waals surface area contributed by atoms with Gasteiger partial charge >= 0.3 is 0 Å². The monoisotopic (exact) mass is 362 g/mol. The first-order valence-electron chi connectivity index (χ1n) is 10.6. The molecule has 2 aromatic rings. The van der Waals surface area contributed by atoms with Crippen LogP contribution in [0.15, 0.2) is 36.7 Å². The van der Waals surface area contributed by atoms with Gasteiger partial charge in [0.1, 0.15) is 0 Å². The summed E-state index contributed by atoms with van der Waals surface area (Å²) in [5.74, 6) is 2.25. The van der Waals surface area contributed by atoms with Crippen molar-refractivity contribution in [2.75, 3.05) is 0 Å². The van der Waals surface area contributed by atoms with Crippen LogP contribution in [0.1, 0.15) is 73.4 Å². The summed E-state index contributed by atoms with van der Waals surface area (Å²) < 4.78 is 0. The van der Waals surface area contributed by atoms with E-state index in [0.717, 1.165) is 36.5 Å². The molecule has 3 saturated carbocycles. The second-order valence-corrected chi connectivity index (χ2v) is 8.78. The Morgan fingerprint density at radius 2 is 1.81 bits per heavy atom. The van der Waals surface area contributed by atoms with Crippen LogP contribution in [-0.2, 0) is 13.1 Å². The molecule has 0 aromatic carbocycles. The Hall–Kier alpha value is -1.78. The van der Waals surface area contributed by atoms with E-state index >= 15 is 0 Å². The summed E-state index contributed by atoms with van der Waals surface area (Å²) in [4.78, 5) is 9.24. The van der Waals surface area contributed by atoms with E-state index in [9.17, 15) is 0 Å². The Morgan fingerprint density at radius 1 is 0.963 bits per heavy atom. The Labute approximate surface area is 162 Å². The maximum atomic E-state index is 4.62. The minimum Gasteiger partial charge on any atom is -0.310 e. The lowest BCUT2D eigenvalue weighted by atomic mass is 10.1. The van der Waals surface area contributed by atoms with E-state index in [1.54, 1.807) is 0 Å². The van der Waals surface area contributed by atoms with Crippen LogP contribution in [-0.4, -0.2) is 22.1 Å². The van der Waals surface area contributed by atoms with Crippen molar-refractivity contribution >= 4 is 0 Å². The number of nitrogens with zero attached hydrogens (tertiary/aromatic N) is 2. The van der Waals surface area contributed by atoms with Crippen molar-refractivity contribution in [3.8, 4) is 0 Å². The molecule has 3 aliphatic rings. The van der Waals surface area contributed by atoms with Crippen molar-refractivity contribution in [1.82, 2.24) is 20.6 Å². The van der Waals surface area contributed by atoms with Gasteiger partial charge in [-0.2, -0.15) is 0 Å². The van der Waals surface area contributed by atoms with Crippen LogP contribution in [0.3, 0.4) is 0 Å². The summed E-state index contributed by atoms with van der Waals surface area (Å²) in [6.45, 7) is 4.10. The second-order valence-electron chi connectivity index (χ2n) is 8.78. The van der Waals surface area contributed by atoms with E-state index in [0.29, 0.717) is 12.1 Å². The third-order valence-electron chi connectivity index (χ3n) is 6.40. The largest absolute Gasteiger partial charge is 0.310 e. The van der Waals surface area contributed by atoms with Gasteiger partial charge in [-0.15, -0.1) is 0 Å². The van der Waals surface area contributed by atoms with E-state index in [4.69, 9.17) is 0 Å². The van der Waals surface area contributed by atoms with Gasteiger partial charge < -0.3 is 10.6 Å². The van der Waals surface area contributed by atoms with Gasteiger partial charge in [0.2, 0.25) is 0 Å². The molecule has 27 heavy (non-hydrogen) atoms. The quantitative estimate of drug-likeness (QED) is 0.711. The molecule has 2 N–H and O–H groups in total. The lowest BCUT2D eigenvalue weighted by molar-refractivity contribution is 0.468. The zero-order valence-corrected chi connectivity index (χ0v) is 16.2. The molecule has 3 unspecified atom stereocenters. The lowest BCUT2D eigenvalue weighted by Crippen LogP contribution is -2.31. The van der Waals surface area contributed by atoms with Crippen LogP contribution in [0.2, 0.25) is 0 Å². The van der Waals surface area contributed by atoms with Crippen molar-refractivity contribution in [2.45, 2.75) is 76.0 Å². The van der Waals surface area contributed by atoms with Crippen LogP contribution < -0.4 is 10.6 Å². The molecule has 0 spiro atoms. The van der Waals surface area contributed by atoms with E-state index in [1.165, 1.54) is 48.9 Å². The smallest absolute Gasteiger partial charge is 0.0541 e. The summed E-state index contributed by atoms with van der Waals surface area (Å²) in [6, 6.07) is 10.0. The maximum absolute atomic E-state index is 4.62. The Kier molecular flexibility index (Phi) is 4.70. The highest BCUT2D eigenvalue weighted by molar-refractivity contribution is 5.22. The van der Waals surface area contributed by atoms with Crippen molar-refractivity contribution in [3.63, 3.8) is 0 Å². The number of pyridine rings is 2. The summed E-state index contributed by atoms with van der Waals surface area (Å²) in [5, 5.41) is 7.36. The molecule has 4 heteroatoms. The summed E-state index contributed by atoms with van der Waals surface area (Å²) >= 11 is 0. The molecule has 142 valence electrons. The highest BCUT2D eigenvalue weighted by Crippen LogP contribution is 2.40. The van der Waals surface area contributed by atoms with Gasteiger partial charge in [-0.1, -0.05) is 12.1 Å². The van der Waals surface area contributed by atoms with Crippen molar-refractivity contribution in [1.29, 1.82) is 0 Å². The molecule has 0 radical (unpaired) electrons. The third kappa shape index (κ3) is 4.39. The molecule has 5 rings (SSSR count). The first-order chi connectivity index (χ1) is 13.3. The van der Waals surface area contributed by atoms with Crippen molar-refractivity contribution in [3.05, 3.63) is 59.2 Å². The van der Waals surface area contributed by atoms with Crippen molar-refractivity contribution < 1.29 is 0 Å². The van der Waals surface area contributed by atoms with E-state index in [1.807, 2.05) is 6.20 Å². The molecule has 0 saturated heterocycles. The van der Waals surface area contributed by atoms with Crippen LogP contribution in [0, 0.1) is 5.92 Å². The summed E-state index contributed by atoms with van der Waals surface area (Å²) in [6.07, 6.45) is 10.7. The third-order valence-corrected chi connectivity index (χ3v) is 6.40. The number of rotatable bonds is 9. The molecule has 2 heterocycles. The van der Waals surface area contributed by atoms with Gasteiger partial charge in [0.05, 0.1) is 5.69 Å². The maximum Gasteiger partial charge on any atom is 0.0541 e. The molecule has 0 bridgehead atoms. The van der Waals surface area contributed by atoms with Gasteiger partial charge in [-0.25, -0.2) is 0 Å². The molecule has 0 amide bonds. The standard InChI is InChI=1S/C23H30N4/c1-15(24-11-16-2-9-22(26-12-16)18-5-6-18)21-10-23(21)27-14-20-8-7-19(13-25-20)17-3-4-17/h2,7-9,12-13,15,17-18,21,23-24,27H,3-6,10-11,14H2,1H3. The normalized spacial score (nSPS) is 25.4. The predicted molar refractivity (Wildman–Crippen MR) is 107 cm³/mol. The molecular formula is C23H30N4. The van der Waals surface area contributed by atoms with E-state index in [-0.39, 0.29) is 0 Å². The molecule has 3 aliphatic carbocycles. The van der Waals surface area contributed by atoms with Gasteiger partial charge in [-0.3, -0.25) is 9.97 Å². The topological polar surface area (TPSA) is 49.8 Å². The fourth-order valence-corrected chi connectivity index (χ4v) is 4.03. The van der Waals surface area contributed by atoms with E-state index < -0.39 is 0 Å². The highest BCUT2D eigenvalue weighted by Gasteiger charge is 2.40. The minimum atomic E-state index is 0.524. The Balaban J connectivity index is 1.04. The zero-order valence-electron chi connectivity index (χ0n) is 16.2. The van der Waals surface area contributed by atoms with Gasteiger partial charge in [-0.05, 0) is 74.1 Å². The lowest BCUT2D eigenvalue weighted by Gasteiger charge is -2.14. The Morgan fingerprint density at radius 3 is 2.48 bits per heavy atom. The molecule has 4 nitrogen and oxygen atoms in total. The van der Waals surface area contributed by atoms with Crippen LogP contribution >= 0.6 is 0 Å². The van der Waals surface area contributed by atoms with Gasteiger partial charge in [0.25, 0.3) is 0 Å². The zero-order chi connectivity index (χ0) is 18.2. The number of aromatic nitrogens is 2. The minimum absolute atomic E-state index is 0.524. The molecule has 3 fully saturated rings. The first kappa shape index (κ1) is 17.3. The van der Waals surface area contributed by atoms with E-state index in [2.05, 4.69) is 58.0 Å². The van der Waals surface area contributed by atoms with Crippen molar-refractivity contribution in [2.24, 2.45) is 5.92 Å². The van der Waals surface area contributed by atoms with Crippen LogP contribution in [0.25, 0.3) is 0 Å². The van der Waals surface area contributed by atoms with Crippen LogP contribution in [0.5, 0.6) is 0 Å². The van der Waals surface area contributed by atoms with Gasteiger partial charge in [0, 0.05) is 49.2 Å². The molecule has 0 aliphatic heterocycles. The number of nitrogens with one attached hydrogen (secondary N) is 2. The number of hydrogen-bond acceptors (Lipinski definition) is 4. The predicted octanol–water partition coefficient (Wildman–Crippen LogP) is 3.89. The molecule has 3 atom stereocenters. The highest BCUT2D eigenvalue weighted by atomic mass is 15.0. The molecular weight excluding hydrogens is 332 g/mol. The number of hydrogen-bond donors (Lipinski definition) is 2. The first-order valence-corrected chi connectivity index (χ1v) is 10.6. The average Bonchev–Trinajstić information content (AvgIpc) is 3.58. The summed E-state index contributed by atoms with van der Waals surface area (Å²) in [5.41, 5.74) is 5.14. The fourth-order valence-electron chi connectivity index (χ4n) is 4.03. The fraction of sp³-hybridized carbons (Fsp3) is 0.565. The average molecular weight is 363 g/mol. The Bertz CT molecular complexity index is 762. The SMILES string of the molecule is CC(NCc1ccc(C2CC2)nc1)C1CC1NCc1ccc(C2CC2)cn1. The second kappa shape index (κ2) is 7.33. The summed E-state index contributed by atoms with van der Waals surface area (Å²) in [7, 11) is 0. The van der Waals surface area contributed by atoms with Gasteiger partial charge in [0.15, 0.2) is 0 Å². The molecule has 2 aromatic heterocycles. The van der Waals surface area contributed by atoms with Crippen LogP contribution in [0.4, 0.5) is 0 Å².